The molecular formula is C15H27N3OS. The van der Waals surface area contributed by atoms with E-state index in [2.05, 4.69) is 37.9 Å². The standard InChI is InChI=1S/C15H27N3OS/c1-6-11-10-18(7-8-19-11)14-17-13(15(2,3)4)12(20-14)9-16-5/h11,16H,6-10H2,1-5H3. The summed E-state index contributed by atoms with van der Waals surface area (Å²) in [5.74, 6) is 0. The average molecular weight is 297 g/mol. The third kappa shape index (κ3) is 3.51. The van der Waals surface area contributed by atoms with Crippen molar-refractivity contribution >= 4 is 16.5 Å². The van der Waals surface area contributed by atoms with Crippen molar-refractivity contribution in [2.45, 2.75) is 52.2 Å². The average Bonchev–Trinajstić information content (AvgIpc) is 2.83. The molecule has 1 N–H and O–H groups in total. The first kappa shape index (κ1) is 15.7. The van der Waals surface area contributed by atoms with Gasteiger partial charge in [-0.05, 0) is 13.5 Å². The van der Waals surface area contributed by atoms with Crippen molar-refractivity contribution in [1.82, 2.24) is 10.3 Å². The van der Waals surface area contributed by atoms with Gasteiger partial charge in [0.25, 0.3) is 0 Å². The van der Waals surface area contributed by atoms with E-state index < -0.39 is 0 Å². The quantitative estimate of drug-likeness (QED) is 0.927. The summed E-state index contributed by atoms with van der Waals surface area (Å²) in [4.78, 5) is 8.68. The molecule has 1 aromatic heterocycles. The smallest absolute Gasteiger partial charge is 0.186 e. The van der Waals surface area contributed by atoms with Crippen LogP contribution < -0.4 is 10.2 Å². The Morgan fingerprint density at radius 3 is 2.80 bits per heavy atom. The van der Waals surface area contributed by atoms with Crippen molar-refractivity contribution in [2.24, 2.45) is 0 Å². The summed E-state index contributed by atoms with van der Waals surface area (Å²) in [5, 5.41) is 4.41. The fourth-order valence-electron chi connectivity index (χ4n) is 2.48. The van der Waals surface area contributed by atoms with Crippen molar-refractivity contribution in [3.63, 3.8) is 0 Å². The summed E-state index contributed by atoms with van der Waals surface area (Å²) >= 11 is 1.83. The van der Waals surface area contributed by atoms with Gasteiger partial charge >= 0.3 is 0 Å². The van der Waals surface area contributed by atoms with E-state index in [1.807, 2.05) is 18.4 Å². The summed E-state index contributed by atoms with van der Waals surface area (Å²) in [7, 11) is 1.99. The van der Waals surface area contributed by atoms with Crippen molar-refractivity contribution in [3.05, 3.63) is 10.6 Å². The van der Waals surface area contributed by atoms with E-state index >= 15 is 0 Å². The highest BCUT2D eigenvalue weighted by molar-refractivity contribution is 7.15. The van der Waals surface area contributed by atoms with Crippen LogP contribution in [0.25, 0.3) is 0 Å². The van der Waals surface area contributed by atoms with Crippen molar-refractivity contribution < 1.29 is 4.74 Å². The molecule has 1 saturated heterocycles. The molecular weight excluding hydrogens is 270 g/mol. The van der Waals surface area contributed by atoms with Crippen molar-refractivity contribution in [2.75, 3.05) is 31.6 Å². The first-order valence-electron chi connectivity index (χ1n) is 7.47. The second kappa shape index (κ2) is 6.41. The number of thiazole rings is 1. The molecule has 0 saturated carbocycles. The lowest BCUT2D eigenvalue weighted by atomic mass is 9.91. The Bertz CT molecular complexity index is 439. The van der Waals surface area contributed by atoms with Gasteiger partial charge in [-0.2, -0.15) is 0 Å². The molecule has 0 bridgehead atoms. The second-order valence-electron chi connectivity index (χ2n) is 6.40. The number of nitrogens with one attached hydrogen (secondary N) is 1. The van der Waals surface area contributed by atoms with Gasteiger partial charge in [0.1, 0.15) is 0 Å². The fraction of sp³-hybridized carbons (Fsp3) is 0.800. The van der Waals surface area contributed by atoms with Crippen molar-refractivity contribution in [1.29, 1.82) is 0 Å². The maximum absolute atomic E-state index is 5.75. The maximum Gasteiger partial charge on any atom is 0.186 e. The lowest BCUT2D eigenvalue weighted by Gasteiger charge is -2.32. The summed E-state index contributed by atoms with van der Waals surface area (Å²) in [6, 6.07) is 0. The van der Waals surface area contributed by atoms with E-state index in [4.69, 9.17) is 9.72 Å². The third-order valence-corrected chi connectivity index (χ3v) is 4.71. The van der Waals surface area contributed by atoms with Crippen LogP contribution >= 0.6 is 11.3 Å². The lowest BCUT2D eigenvalue weighted by Crippen LogP contribution is -2.42. The maximum atomic E-state index is 5.75. The van der Waals surface area contributed by atoms with E-state index in [1.165, 1.54) is 10.6 Å². The van der Waals surface area contributed by atoms with Gasteiger partial charge in [0.15, 0.2) is 5.13 Å². The van der Waals surface area contributed by atoms with E-state index in [-0.39, 0.29) is 5.41 Å². The lowest BCUT2D eigenvalue weighted by molar-refractivity contribution is 0.0384. The molecule has 1 unspecified atom stereocenters. The number of hydrogen-bond acceptors (Lipinski definition) is 5. The zero-order chi connectivity index (χ0) is 14.8. The van der Waals surface area contributed by atoms with Gasteiger partial charge in [0, 0.05) is 29.9 Å². The van der Waals surface area contributed by atoms with Crippen LogP contribution in [-0.2, 0) is 16.7 Å². The van der Waals surface area contributed by atoms with Gasteiger partial charge in [-0.3, -0.25) is 0 Å². The predicted octanol–water partition coefficient (Wildman–Crippen LogP) is 2.78. The molecule has 4 nitrogen and oxygen atoms in total. The van der Waals surface area contributed by atoms with E-state index in [0.717, 1.165) is 37.8 Å². The van der Waals surface area contributed by atoms with Crippen LogP contribution in [0.3, 0.4) is 0 Å². The molecule has 1 aliphatic rings. The Balaban J connectivity index is 2.24. The number of anilines is 1. The number of rotatable bonds is 4. The first-order valence-corrected chi connectivity index (χ1v) is 8.28. The van der Waals surface area contributed by atoms with E-state index in [1.54, 1.807) is 0 Å². The Labute approximate surface area is 126 Å². The van der Waals surface area contributed by atoms with Gasteiger partial charge in [-0.15, -0.1) is 11.3 Å². The van der Waals surface area contributed by atoms with Gasteiger partial charge in [-0.1, -0.05) is 27.7 Å². The molecule has 0 radical (unpaired) electrons. The van der Waals surface area contributed by atoms with E-state index in [0.29, 0.717) is 6.10 Å². The van der Waals surface area contributed by atoms with Gasteiger partial charge < -0.3 is 15.0 Å². The third-order valence-electron chi connectivity index (χ3n) is 3.60. The van der Waals surface area contributed by atoms with Crippen LogP contribution in [0.1, 0.15) is 44.7 Å². The largest absolute Gasteiger partial charge is 0.375 e. The number of morpholine rings is 1. The Hall–Kier alpha value is -0.650. The van der Waals surface area contributed by atoms with Crippen LogP contribution in [0.2, 0.25) is 0 Å². The van der Waals surface area contributed by atoms with Crippen LogP contribution in [0.4, 0.5) is 5.13 Å². The van der Waals surface area contributed by atoms with Crippen LogP contribution in [0.5, 0.6) is 0 Å². The summed E-state index contributed by atoms with van der Waals surface area (Å²) in [5.41, 5.74) is 1.32. The zero-order valence-corrected chi connectivity index (χ0v) is 14.1. The van der Waals surface area contributed by atoms with Crippen molar-refractivity contribution in [3.8, 4) is 0 Å². The van der Waals surface area contributed by atoms with Crippen LogP contribution in [0.15, 0.2) is 0 Å². The molecule has 1 fully saturated rings. The normalized spacial score (nSPS) is 20.4. The highest BCUT2D eigenvalue weighted by atomic mass is 32.1. The molecule has 0 aliphatic carbocycles. The molecule has 20 heavy (non-hydrogen) atoms. The van der Waals surface area contributed by atoms with E-state index in [9.17, 15) is 0 Å². The van der Waals surface area contributed by atoms with Gasteiger partial charge in [0.2, 0.25) is 0 Å². The topological polar surface area (TPSA) is 37.4 Å². The summed E-state index contributed by atoms with van der Waals surface area (Å²) in [6.45, 7) is 12.5. The first-order chi connectivity index (χ1) is 9.45. The molecule has 2 rings (SSSR count). The summed E-state index contributed by atoms with van der Waals surface area (Å²) in [6.07, 6.45) is 1.41. The minimum Gasteiger partial charge on any atom is -0.375 e. The molecule has 5 heteroatoms. The molecule has 0 spiro atoms. The molecule has 1 atom stereocenters. The number of aromatic nitrogens is 1. The molecule has 0 amide bonds. The Kier molecular flexibility index (Phi) is 5.04. The number of nitrogens with zero attached hydrogens (tertiary/aromatic N) is 2. The van der Waals surface area contributed by atoms with Crippen LogP contribution in [-0.4, -0.2) is 37.8 Å². The Morgan fingerprint density at radius 1 is 1.45 bits per heavy atom. The highest BCUT2D eigenvalue weighted by Crippen LogP contribution is 2.34. The molecule has 2 heterocycles. The minimum absolute atomic E-state index is 0.0946. The monoisotopic (exact) mass is 297 g/mol. The zero-order valence-electron chi connectivity index (χ0n) is 13.3. The second-order valence-corrected chi connectivity index (χ2v) is 7.46. The van der Waals surface area contributed by atoms with Gasteiger partial charge in [-0.25, -0.2) is 4.98 Å². The summed E-state index contributed by atoms with van der Waals surface area (Å²) < 4.78 is 5.75. The van der Waals surface area contributed by atoms with Crippen LogP contribution in [0, 0.1) is 0 Å². The SMILES string of the molecule is CCC1CN(c2nc(C(C)(C)C)c(CNC)s2)CCO1. The molecule has 1 aromatic rings. The Morgan fingerprint density at radius 2 is 2.20 bits per heavy atom. The minimum atomic E-state index is 0.0946. The predicted molar refractivity (Wildman–Crippen MR) is 85.8 cm³/mol. The number of ether oxygens (including phenoxy) is 1. The fourth-order valence-corrected chi connectivity index (χ4v) is 3.80. The molecule has 114 valence electrons. The van der Waals surface area contributed by atoms with Gasteiger partial charge in [0.05, 0.1) is 18.4 Å². The molecule has 0 aromatic carbocycles. The molecule has 1 aliphatic heterocycles. The highest BCUT2D eigenvalue weighted by Gasteiger charge is 2.27. The number of hydrogen-bond donors (Lipinski definition) is 1.